The topological polar surface area (TPSA) is 42.7 Å². The molecule has 0 radical (unpaired) electrons. The molecular formula is C9H9BrN4S. The van der Waals surface area contributed by atoms with Crippen LogP contribution in [0.2, 0.25) is 0 Å². The van der Waals surface area contributed by atoms with E-state index in [4.69, 9.17) is 0 Å². The molecule has 0 atom stereocenters. The molecule has 0 spiro atoms. The predicted octanol–water partition coefficient (Wildman–Crippen LogP) is 1.91. The minimum absolute atomic E-state index is 0.481. The first-order valence-corrected chi connectivity index (χ1v) is 6.32. The molecule has 2 aromatic heterocycles. The van der Waals surface area contributed by atoms with Gasteiger partial charge in [0.1, 0.15) is 5.69 Å². The van der Waals surface area contributed by atoms with E-state index in [0.717, 1.165) is 27.4 Å². The van der Waals surface area contributed by atoms with Crippen LogP contribution in [0.3, 0.4) is 0 Å². The summed E-state index contributed by atoms with van der Waals surface area (Å²) in [5.74, 6) is 0. The van der Waals surface area contributed by atoms with Crippen LogP contribution in [0.25, 0.3) is 10.6 Å². The lowest BCUT2D eigenvalue weighted by Gasteiger charge is -2.26. The lowest BCUT2D eigenvalue weighted by molar-refractivity contribution is 0.313. The summed E-state index contributed by atoms with van der Waals surface area (Å²) in [6, 6.07) is 4.57. The van der Waals surface area contributed by atoms with E-state index in [2.05, 4.69) is 37.6 Å². The molecule has 0 aliphatic carbocycles. The van der Waals surface area contributed by atoms with Crippen LogP contribution in [0.15, 0.2) is 22.1 Å². The first-order valence-electron chi connectivity index (χ1n) is 4.71. The van der Waals surface area contributed by atoms with Crippen LogP contribution in [0, 0.1) is 0 Å². The molecule has 3 rings (SSSR count). The Labute approximate surface area is 99.4 Å². The monoisotopic (exact) mass is 284 g/mol. The van der Waals surface area contributed by atoms with Crippen LogP contribution in [-0.4, -0.2) is 28.1 Å². The van der Waals surface area contributed by atoms with Crippen molar-refractivity contribution in [2.45, 2.75) is 6.04 Å². The molecule has 3 heterocycles. The summed E-state index contributed by atoms with van der Waals surface area (Å²) in [6.07, 6.45) is 2.02. The quantitative estimate of drug-likeness (QED) is 0.916. The van der Waals surface area contributed by atoms with Crippen molar-refractivity contribution < 1.29 is 0 Å². The maximum atomic E-state index is 4.18. The van der Waals surface area contributed by atoms with Gasteiger partial charge in [-0.3, -0.25) is 0 Å². The smallest absolute Gasteiger partial charge is 0.123 e. The van der Waals surface area contributed by atoms with E-state index in [9.17, 15) is 0 Å². The SMILES string of the molecule is Brc1ccc(-c2cn(C3CNC3)nn2)s1. The molecule has 0 saturated carbocycles. The minimum Gasteiger partial charge on any atom is -0.312 e. The number of hydrogen-bond acceptors (Lipinski definition) is 4. The normalized spacial score (nSPS) is 16.6. The summed E-state index contributed by atoms with van der Waals surface area (Å²) in [7, 11) is 0. The molecule has 6 heteroatoms. The lowest BCUT2D eigenvalue weighted by atomic mass is 10.2. The van der Waals surface area contributed by atoms with Gasteiger partial charge in [0.05, 0.1) is 20.9 Å². The third-order valence-corrected chi connectivity index (χ3v) is 4.12. The maximum absolute atomic E-state index is 4.18. The molecule has 15 heavy (non-hydrogen) atoms. The zero-order chi connectivity index (χ0) is 10.3. The number of halogens is 1. The number of rotatable bonds is 2. The highest BCUT2D eigenvalue weighted by molar-refractivity contribution is 9.11. The van der Waals surface area contributed by atoms with Gasteiger partial charge in [-0.05, 0) is 28.1 Å². The Morgan fingerprint density at radius 1 is 1.47 bits per heavy atom. The summed E-state index contributed by atoms with van der Waals surface area (Å²) in [6.45, 7) is 1.99. The van der Waals surface area contributed by atoms with Crippen LogP contribution >= 0.6 is 27.3 Å². The van der Waals surface area contributed by atoms with Gasteiger partial charge in [0, 0.05) is 13.1 Å². The van der Waals surface area contributed by atoms with E-state index in [1.165, 1.54) is 0 Å². The standard InChI is InChI=1S/C9H9BrN4S/c10-9-2-1-8(15-9)7-5-14(13-12-7)6-3-11-4-6/h1-2,5-6,11H,3-4H2. The Morgan fingerprint density at radius 3 is 2.93 bits per heavy atom. The molecule has 1 fully saturated rings. The van der Waals surface area contributed by atoms with Gasteiger partial charge in [-0.15, -0.1) is 16.4 Å². The molecule has 78 valence electrons. The van der Waals surface area contributed by atoms with Crippen molar-refractivity contribution in [1.29, 1.82) is 0 Å². The van der Waals surface area contributed by atoms with Crippen molar-refractivity contribution >= 4 is 27.3 Å². The van der Waals surface area contributed by atoms with Crippen LogP contribution in [0.1, 0.15) is 6.04 Å². The van der Waals surface area contributed by atoms with Crippen molar-refractivity contribution in [2.75, 3.05) is 13.1 Å². The van der Waals surface area contributed by atoms with E-state index in [0.29, 0.717) is 6.04 Å². The second-order valence-corrected chi connectivity index (χ2v) is 5.96. The molecule has 2 aromatic rings. The highest BCUT2D eigenvalue weighted by Gasteiger charge is 2.20. The zero-order valence-electron chi connectivity index (χ0n) is 7.85. The fourth-order valence-corrected chi connectivity index (χ4v) is 2.82. The molecule has 1 saturated heterocycles. The molecule has 0 aromatic carbocycles. The average molecular weight is 285 g/mol. The largest absolute Gasteiger partial charge is 0.312 e. The van der Waals surface area contributed by atoms with Crippen LogP contribution in [-0.2, 0) is 0 Å². The van der Waals surface area contributed by atoms with Gasteiger partial charge in [-0.25, -0.2) is 4.68 Å². The highest BCUT2D eigenvalue weighted by Crippen LogP contribution is 2.30. The molecule has 0 unspecified atom stereocenters. The molecule has 1 aliphatic heterocycles. The fourth-order valence-electron chi connectivity index (χ4n) is 1.48. The van der Waals surface area contributed by atoms with Gasteiger partial charge in [-0.1, -0.05) is 5.21 Å². The first-order chi connectivity index (χ1) is 7.33. The van der Waals surface area contributed by atoms with E-state index in [1.54, 1.807) is 11.3 Å². The molecule has 4 nitrogen and oxygen atoms in total. The number of aromatic nitrogens is 3. The van der Waals surface area contributed by atoms with Gasteiger partial charge < -0.3 is 5.32 Å². The summed E-state index contributed by atoms with van der Waals surface area (Å²) in [5, 5.41) is 11.5. The van der Waals surface area contributed by atoms with Gasteiger partial charge in [0.25, 0.3) is 0 Å². The van der Waals surface area contributed by atoms with Gasteiger partial charge >= 0.3 is 0 Å². The van der Waals surface area contributed by atoms with E-state index in [1.807, 2.05) is 16.9 Å². The number of nitrogens with zero attached hydrogens (tertiary/aromatic N) is 3. The molecule has 0 amide bonds. The van der Waals surface area contributed by atoms with E-state index in [-0.39, 0.29) is 0 Å². The second-order valence-electron chi connectivity index (χ2n) is 3.50. The van der Waals surface area contributed by atoms with Gasteiger partial charge in [0.2, 0.25) is 0 Å². The Kier molecular flexibility index (Phi) is 2.34. The predicted molar refractivity (Wildman–Crippen MR) is 62.9 cm³/mol. The van der Waals surface area contributed by atoms with Crippen molar-refractivity contribution in [2.24, 2.45) is 0 Å². The van der Waals surface area contributed by atoms with Gasteiger partial charge in [-0.2, -0.15) is 0 Å². The Hall–Kier alpha value is -0.720. The fraction of sp³-hybridized carbons (Fsp3) is 0.333. The Balaban J connectivity index is 1.89. The summed E-state index contributed by atoms with van der Waals surface area (Å²) >= 11 is 5.12. The maximum Gasteiger partial charge on any atom is 0.123 e. The Morgan fingerprint density at radius 2 is 2.33 bits per heavy atom. The third-order valence-electron chi connectivity index (χ3n) is 2.47. The van der Waals surface area contributed by atoms with Crippen molar-refractivity contribution in [1.82, 2.24) is 20.3 Å². The van der Waals surface area contributed by atoms with Crippen molar-refractivity contribution in [3.8, 4) is 10.6 Å². The average Bonchev–Trinajstić information content (AvgIpc) is 2.70. The summed E-state index contributed by atoms with van der Waals surface area (Å²) in [4.78, 5) is 1.15. The van der Waals surface area contributed by atoms with Crippen LogP contribution in [0.5, 0.6) is 0 Å². The van der Waals surface area contributed by atoms with E-state index >= 15 is 0 Å². The number of nitrogens with one attached hydrogen (secondary N) is 1. The van der Waals surface area contributed by atoms with Crippen molar-refractivity contribution in [3.05, 3.63) is 22.1 Å². The molecule has 0 bridgehead atoms. The van der Waals surface area contributed by atoms with Crippen molar-refractivity contribution in [3.63, 3.8) is 0 Å². The minimum atomic E-state index is 0.481. The Bertz CT molecular complexity index is 474. The zero-order valence-corrected chi connectivity index (χ0v) is 10.3. The molecule has 1 aliphatic rings. The lowest BCUT2D eigenvalue weighted by Crippen LogP contribution is -2.43. The molecular weight excluding hydrogens is 276 g/mol. The number of thiophene rings is 1. The second kappa shape index (κ2) is 3.70. The molecule has 1 N–H and O–H groups in total. The summed E-state index contributed by atoms with van der Waals surface area (Å²) < 4.78 is 3.07. The number of hydrogen-bond donors (Lipinski definition) is 1. The van der Waals surface area contributed by atoms with E-state index < -0.39 is 0 Å². The van der Waals surface area contributed by atoms with Crippen LogP contribution in [0.4, 0.5) is 0 Å². The summed E-state index contributed by atoms with van der Waals surface area (Å²) in [5.41, 5.74) is 0.956. The first kappa shape index (κ1) is 9.50. The van der Waals surface area contributed by atoms with Crippen LogP contribution < -0.4 is 5.32 Å². The van der Waals surface area contributed by atoms with Gasteiger partial charge in [0.15, 0.2) is 0 Å². The highest BCUT2D eigenvalue weighted by atomic mass is 79.9. The third kappa shape index (κ3) is 1.73.